The molecule has 0 unspecified atom stereocenters. The van der Waals surface area contributed by atoms with Gasteiger partial charge in [-0.15, -0.1) is 24.0 Å². The van der Waals surface area contributed by atoms with E-state index in [4.69, 9.17) is 19.2 Å². The lowest BCUT2D eigenvalue weighted by Crippen LogP contribution is -2.38. The van der Waals surface area contributed by atoms with E-state index >= 15 is 0 Å². The van der Waals surface area contributed by atoms with Gasteiger partial charge in [0.05, 0.1) is 6.54 Å². The summed E-state index contributed by atoms with van der Waals surface area (Å²) in [6.45, 7) is 9.24. The number of nitrogens with one attached hydrogen (secondary N) is 2. The Morgan fingerprint density at radius 1 is 1.16 bits per heavy atom. The summed E-state index contributed by atoms with van der Waals surface area (Å²) in [5, 5.41) is 6.71. The van der Waals surface area contributed by atoms with Gasteiger partial charge in [0.15, 0.2) is 5.96 Å². The molecule has 2 N–H and O–H groups in total. The minimum Gasteiger partial charge on any atom is -0.492 e. The molecular formula is C23H41IN4O3. The maximum Gasteiger partial charge on any atom is 0.191 e. The summed E-state index contributed by atoms with van der Waals surface area (Å²) >= 11 is 0. The molecule has 0 radical (unpaired) electrons. The molecule has 0 atom stereocenters. The van der Waals surface area contributed by atoms with Crippen LogP contribution in [0.2, 0.25) is 0 Å². The Morgan fingerprint density at radius 3 is 2.68 bits per heavy atom. The first kappa shape index (κ1) is 27.9. The van der Waals surface area contributed by atoms with Gasteiger partial charge in [-0.25, -0.2) is 4.99 Å². The lowest BCUT2D eigenvalue weighted by molar-refractivity contribution is 0.0203. The molecule has 1 aromatic carbocycles. The topological polar surface area (TPSA) is 67.4 Å². The first-order valence-electron chi connectivity index (χ1n) is 11.2. The Morgan fingerprint density at radius 2 is 1.94 bits per heavy atom. The van der Waals surface area contributed by atoms with Crippen molar-refractivity contribution in [3.05, 3.63) is 29.8 Å². The number of para-hydroxylation sites is 1. The Hall–Kier alpha value is -1.10. The average molecular weight is 549 g/mol. The molecule has 1 fully saturated rings. The molecule has 1 aliphatic rings. The van der Waals surface area contributed by atoms with Crippen LogP contribution in [0.1, 0.15) is 31.7 Å². The largest absolute Gasteiger partial charge is 0.492 e. The van der Waals surface area contributed by atoms with Crippen molar-refractivity contribution in [1.29, 1.82) is 0 Å². The molecule has 1 aliphatic heterocycles. The van der Waals surface area contributed by atoms with Crippen LogP contribution < -0.4 is 15.4 Å². The summed E-state index contributed by atoms with van der Waals surface area (Å²) in [6.07, 6.45) is 3.20. The van der Waals surface area contributed by atoms with Crippen LogP contribution in [0.5, 0.6) is 5.75 Å². The Labute approximate surface area is 205 Å². The van der Waals surface area contributed by atoms with Gasteiger partial charge in [0, 0.05) is 51.6 Å². The van der Waals surface area contributed by atoms with Crippen LogP contribution >= 0.6 is 24.0 Å². The third-order valence-corrected chi connectivity index (χ3v) is 4.97. The van der Waals surface area contributed by atoms with Crippen LogP contribution in [-0.4, -0.2) is 77.6 Å². The van der Waals surface area contributed by atoms with Crippen LogP contribution in [0.25, 0.3) is 0 Å². The van der Waals surface area contributed by atoms with Crippen molar-refractivity contribution >= 4 is 29.9 Å². The number of ether oxygens (including phenoxy) is 3. The zero-order valence-corrected chi connectivity index (χ0v) is 21.7. The van der Waals surface area contributed by atoms with E-state index < -0.39 is 0 Å². The van der Waals surface area contributed by atoms with E-state index in [1.165, 1.54) is 0 Å². The molecule has 0 aliphatic carbocycles. The van der Waals surface area contributed by atoms with Gasteiger partial charge >= 0.3 is 0 Å². The number of hydrogen-bond acceptors (Lipinski definition) is 5. The fourth-order valence-corrected chi connectivity index (χ4v) is 3.16. The predicted octanol–water partition coefficient (Wildman–Crippen LogP) is 3.13. The van der Waals surface area contributed by atoms with Gasteiger partial charge in [-0.3, -0.25) is 0 Å². The molecular weight excluding hydrogens is 507 g/mol. The molecule has 1 saturated heterocycles. The van der Waals surface area contributed by atoms with Crippen molar-refractivity contribution in [3.8, 4) is 5.75 Å². The predicted molar refractivity (Wildman–Crippen MR) is 138 cm³/mol. The summed E-state index contributed by atoms with van der Waals surface area (Å²) in [6, 6.07) is 8.11. The molecule has 0 saturated carbocycles. The van der Waals surface area contributed by atoms with E-state index in [1.54, 1.807) is 0 Å². The summed E-state index contributed by atoms with van der Waals surface area (Å²) in [7, 11) is 4.09. The number of nitrogens with zero attached hydrogens (tertiary/aromatic N) is 2. The number of likely N-dealkylation sites (N-methyl/N-ethyl adjacent to an activating group) is 1. The van der Waals surface area contributed by atoms with E-state index in [9.17, 15) is 0 Å². The van der Waals surface area contributed by atoms with Gasteiger partial charge in [-0.2, -0.15) is 0 Å². The summed E-state index contributed by atoms with van der Waals surface area (Å²) < 4.78 is 17.2. The molecule has 8 heteroatoms. The van der Waals surface area contributed by atoms with Crippen molar-refractivity contribution in [2.24, 2.45) is 10.9 Å². The van der Waals surface area contributed by atoms with Crippen molar-refractivity contribution in [2.45, 2.75) is 32.7 Å². The highest BCUT2D eigenvalue weighted by Crippen LogP contribution is 2.19. The first-order chi connectivity index (χ1) is 14.7. The first-order valence-corrected chi connectivity index (χ1v) is 11.2. The molecule has 0 aromatic heterocycles. The fraction of sp³-hybridized carbons (Fsp3) is 0.696. The maximum atomic E-state index is 5.94. The molecule has 0 bridgehead atoms. The average Bonchev–Trinajstić information content (AvgIpc) is 2.75. The Bertz CT molecular complexity index is 610. The number of rotatable bonds is 13. The molecule has 178 valence electrons. The van der Waals surface area contributed by atoms with Gasteiger partial charge in [-0.05, 0) is 52.3 Å². The number of hydrogen-bond donors (Lipinski definition) is 2. The van der Waals surface area contributed by atoms with Crippen LogP contribution in [0.3, 0.4) is 0 Å². The number of aliphatic imine (C=N–C) groups is 1. The second kappa shape index (κ2) is 17.5. The van der Waals surface area contributed by atoms with E-state index in [-0.39, 0.29) is 24.0 Å². The highest BCUT2D eigenvalue weighted by atomic mass is 127. The number of benzene rings is 1. The van der Waals surface area contributed by atoms with Crippen LogP contribution in [0, 0.1) is 5.92 Å². The highest BCUT2D eigenvalue weighted by Gasteiger charge is 2.13. The second-order valence-corrected chi connectivity index (χ2v) is 7.87. The zero-order valence-electron chi connectivity index (χ0n) is 19.4. The van der Waals surface area contributed by atoms with Gasteiger partial charge < -0.3 is 29.7 Å². The minimum atomic E-state index is 0. The van der Waals surface area contributed by atoms with E-state index in [0.717, 1.165) is 82.6 Å². The quantitative estimate of drug-likeness (QED) is 0.171. The number of guanidine groups is 1. The second-order valence-electron chi connectivity index (χ2n) is 7.87. The van der Waals surface area contributed by atoms with E-state index in [1.807, 2.05) is 32.3 Å². The molecule has 0 amide bonds. The third-order valence-electron chi connectivity index (χ3n) is 4.97. The van der Waals surface area contributed by atoms with E-state index in [0.29, 0.717) is 19.1 Å². The van der Waals surface area contributed by atoms with Gasteiger partial charge in [0.1, 0.15) is 12.4 Å². The van der Waals surface area contributed by atoms with Crippen molar-refractivity contribution < 1.29 is 14.2 Å². The molecule has 0 spiro atoms. The third kappa shape index (κ3) is 12.5. The summed E-state index contributed by atoms with van der Waals surface area (Å²) in [5.74, 6) is 2.39. The van der Waals surface area contributed by atoms with Crippen molar-refractivity contribution in [2.75, 3.05) is 66.8 Å². The van der Waals surface area contributed by atoms with Gasteiger partial charge in [0.2, 0.25) is 0 Å². The maximum absolute atomic E-state index is 5.94. The lowest BCUT2D eigenvalue weighted by Gasteiger charge is -2.21. The fourth-order valence-electron chi connectivity index (χ4n) is 3.16. The highest BCUT2D eigenvalue weighted by molar-refractivity contribution is 14.0. The standard InChI is InChI=1S/C23H40N4O3.HI/c1-4-24-23(25-12-7-14-29-19-20-10-15-28-16-11-20)26-18-21-8-5-6-9-22(21)30-17-13-27(2)3;/h5-6,8-9,20H,4,7,10-19H2,1-3H3,(H2,24,25,26);1H. The lowest BCUT2D eigenvalue weighted by atomic mass is 10.0. The summed E-state index contributed by atoms with van der Waals surface area (Å²) in [5.41, 5.74) is 1.09. The molecule has 1 heterocycles. The molecule has 31 heavy (non-hydrogen) atoms. The monoisotopic (exact) mass is 548 g/mol. The smallest absolute Gasteiger partial charge is 0.191 e. The number of halogens is 1. The van der Waals surface area contributed by atoms with E-state index in [2.05, 4.69) is 28.5 Å². The van der Waals surface area contributed by atoms with Crippen LogP contribution in [0.15, 0.2) is 29.3 Å². The van der Waals surface area contributed by atoms with Crippen molar-refractivity contribution in [1.82, 2.24) is 15.5 Å². The van der Waals surface area contributed by atoms with Gasteiger partial charge in [0.25, 0.3) is 0 Å². The van der Waals surface area contributed by atoms with Gasteiger partial charge in [-0.1, -0.05) is 18.2 Å². The summed E-state index contributed by atoms with van der Waals surface area (Å²) in [4.78, 5) is 6.84. The SMILES string of the molecule is CCNC(=NCc1ccccc1OCCN(C)C)NCCCOCC1CCOCC1.I. The van der Waals surface area contributed by atoms with Crippen LogP contribution in [-0.2, 0) is 16.0 Å². The zero-order chi connectivity index (χ0) is 21.4. The molecule has 2 rings (SSSR count). The van der Waals surface area contributed by atoms with Crippen molar-refractivity contribution in [3.63, 3.8) is 0 Å². The molecule has 7 nitrogen and oxygen atoms in total. The Kier molecular flexibility index (Phi) is 15.7. The van der Waals surface area contributed by atoms with Crippen LogP contribution in [0.4, 0.5) is 0 Å². The minimum absolute atomic E-state index is 0. The normalized spacial score (nSPS) is 14.9. The Balaban J connectivity index is 0.00000480. The molecule has 1 aromatic rings.